The van der Waals surface area contributed by atoms with E-state index in [0.717, 1.165) is 6.20 Å². The summed E-state index contributed by atoms with van der Waals surface area (Å²) in [6.45, 7) is 3.19. The van der Waals surface area contributed by atoms with Crippen molar-refractivity contribution in [3.8, 4) is 0 Å². The molecular weight excluding hydrogens is 338 g/mol. The van der Waals surface area contributed by atoms with Crippen LogP contribution >= 0.6 is 16.5 Å². The number of nitrogens with one attached hydrogen (secondary N) is 1. The standard InChI is InChI=1S/C11H15F2N3O4P2/c1-21-15-7-3-4-16(10(18)14-7)9-11(12,13)8(17)6(20-9)5-22(2)19/h3-4,6,8-9,17,21H,5H2,1-2H3/p+1. The van der Waals surface area contributed by atoms with Crippen LogP contribution in [0.5, 0.6) is 0 Å². The predicted octanol–water partition coefficient (Wildman–Crippen LogP) is 1.23. The second kappa shape index (κ2) is 6.62. The monoisotopic (exact) mass is 354 g/mol. The second-order valence-corrected chi connectivity index (χ2v) is 7.21. The van der Waals surface area contributed by atoms with Gasteiger partial charge in [0.25, 0.3) is 0 Å². The zero-order valence-corrected chi connectivity index (χ0v) is 13.8. The minimum Gasteiger partial charge on any atom is -0.384 e. The van der Waals surface area contributed by atoms with E-state index in [-0.39, 0.29) is 12.0 Å². The number of hydrogen-bond donors (Lipinski definition) is 2. The lowest BCUT2D eigenvalue weighted by atomic mass is 10.1. The first-order valence-corrected chi connectivity index (χ1v) is 9.78. The molecule has 1 aliphatic heterocycles. The molecule has 1 aromatic heterocycles. The van der Waals surface area contributed by atoms with E-state index in [1.165, 1.54) is 12.7 Å². The molecule has 0 saturated carbocycles. The van der Waals surface area contributed by atoms with Gasteiger partial charge in [-0.25, -0.2) is 4.79 Å². The molecule has 5 atom stereocenters. The number of nitrogens with zero attached hydrogens (tertiary/aromatic N) is 2. The van der Waals surface area contributed by atoms with Gasteiger partial charge in [0, 0.05) is 6.20 Å². The van der Waals surface area contributed by atoms with Crippen molar-refractivity contribution < 1.29 is 23.2 Å². The van der Waals surface area contributed by atoms with Crippen LogP contribution in [-0.4, -0.2) is 52.3 Å². The van der Waals surface area contributed by atoms with Crippen molar-refractivity contribution in [2.45, 2.75) is 24.4 Å². The van der Waals surface area contributed by atoms with Crippen molar-refractivity contribution in [2.24, 2.45) is 0 Å². The minimum absolute atomic E-state index is 0.207. The molecule has 2 N–H and O–H groups in total. The Morgan fingerprint density at radius 1 is 1.64 bits per heavy atom. The highest BCUT2D eigenvalue weighted by Gasteiger charge is 2.60. The number of anilines is 1. The van der Waals surface area contributed by atoms with Crippen molar-refractivity contribution in [1.82, 2.24) is 9.55 Å². The van der Waals surface area contributed by atoms with Gasteiger partial charge in [0.15, 0.2) is 12.3 Å². The van der Waals surface area contributed by atoms with Gasteiger partial charge >= 0.3 is 19.4 Å². The smallest absolute Gasteiger partial charge is 0.351 e. The third-order valence-corrected chi connectivity index (χ3v) is 4.53. The highest BCUT2D eigenvalue weighted by molar-refractivity contribution is 7.43. The van der Waals surface area contributed by atoms with Crippen LogP contribution in [0.4, 0.5) is 14.6 Å². The molecule has 0 amide bonds. The topological polar surface area (TPSA) is 93.5 Å². The molecule has 2 rings (SSSR count). The highest BCUT2D eigenvalue weighted by Crippen LogP contribution is 2.43. The van der Waals surface area contributed by atoms with Gasteiger partial charge < -0.3 is 14.9 Å². The van der Waals surface area contributed by atoms with Crippen LogP contribution in [0, 0.1) is 0 Å². The van der Waals surface area contributed by atoms with E-state index in [2.05, 4.69) is 10.1 Å². The number of aliphatic hydroxyl groups excluding tert-OH is 1. The van der Waals surface area contributed by atoms with Crippen molar-refractivity contribution in [2.75, 3.05) is 24.6 Å². The molecule has 1 aliphatic rings. The molecule has 0 aromatic carbocycles. The van der Waals surface area contributed by atoms with Crippen LogP contribution in [0.1, 0.15) is 6.23 Å². The van der Waals surface area contributed by atoms with Crippen LogP contribution in [0.15, 0.2) is 17.1 Å². The fraction of sp³-hybridized carbons (Fsp3) is 0.636. The molecule has 0 spiro atoms. The summed E-state index contributed by atoms with van der Waals surface area (Å²) in [5, 5.41) is 12.5. The largest absolute Gasteiger partial charge is 0.384 e. The summed E-state index contributed by atoms with van der Waals surface area (Å²) in [4.78, 5) is 15.5. The Bertz CT molecular complexity index is 628. The Labute approximate surface area is 127 Å². The van der Waals surface area contributed by atoms with Crippen LogP contribution in [0.3, 0.4) is 0 Å². The normalized spacial score (nSPS) is 28.2. The number of hydrogen-bond acceptors (Lipinski definition) is 6. The van der Waals surface area contributed by atoms with Crippen molar-refractivity contribution in [1.29, 1.82) is 0 Å². The number of halogens is 2. The van der Waals surface area contributed by atoms with Gasteiger partial charge in [0.1, 0.15) is 18.6 Å². The second-order valence-electron chi connectivity index (χ2n) is 4.83. The quantitative estimate of drug-likeness (QED) is 0.773. The van der Waals surface area contributed by atoms with Gasteiger partial charge in [-0.2, -0.15) is 13.8 Å². The molecule has 22 heavy (non-hydrogen) atoms. The molecule has 122 valence electrons. The lowest BCUT2D eigenvalue weighted by Crippen LogP contribution is -2.41. The summed E-state index contributed by atoms with van der Waals surface area (Å²) >= 11 is 0. The predicted molar refractivity (Wildman–Crippen MR) is 79.6 cm³/mol. The first kappa shape index (κ1) is 17.3. The van der Waals surface area contributed by atoms with Crippen LogP contribution in [0.25, 0.3) is 0 Å². The van der Waals surface area contributed by atoms with Crippen molar-refractivity contribution in [3.63, 3.8) is 0 Å². The third-order valence-electron chi connectivity index (χ3n) is 3.15. The SMILES string of the molecule is CPNc1ccn(C2OC(C[P+](C)=O)C(O)C2(F)F)c(=O)n1. The van der Waals surface area contributed by atoms with E-state index in [1.807, 2.05) is 6.66 Å². The lowest BCUT2D eigenvalue weighted by Gasteiger charge is -2.21. The van der Waals surface area contributed by atoms with E-state index in [1.54, 1.807) is 0 Å². The zero-order chi connectivity index (χ0) is 16.5. The molecule has 2 heterocycles. The van der Waals surface area contributed by atoms with Gasteiger partial charge in [0.05, 0.1) is 0 Å². The third kappa shape index (κ3) is 3.33. The van der Waals surface area contributed by atoms with E-state index in [9.17, 15) is 23.2 Å². The van der Waals surface area contributed by atoms with Crippen LogP contribution in [-0.2, 0) is 9.30 Å². The van der Waals surface area contributed by atoms with Crippen LogP contribution < -0.4 is 10.8 Å². The Morgan fingerprint density at radius 2 is 2.32 bits per heavy atom. The molecule has 11 heteroatoms. The van der Waals surface area contributed by atoms with Gasteiger partial charge in [-0.1, -0.05) is 4.57 Å². The number of rotatable bonds is 5. The average Bonchev–Trinajstić information content (AvgIpc) is 2.63. The van der Waals surface area contributed by atoms with Crippen molar-refractivity contribution in [3.05, 3.63) is 22.7 Å². The summed E-state index contributed by atoms with van der Waals surface area (Å²) in [6.07, 6.45) is -4.46. The number of alkyl halides is 2. The van der Waals surface area contributed by atoms with Crippen molar-refractivity contribution >= 4 is 22.4 Å². The summed E-state index contributed by atoms with van der Waals surface area (Å²) in [5.74, 6) is -3.40. The molecule has 7 nitrogen and oxygen atoms in total. The van der Waals surface area contributed by atoms with Gasteiger partial charge in [-0.15, -0.1) is 0 Å². The van der Waals surface area contributed by atoms with E-state index in [0.29, 0.717) is 13.3 Å². The Morgan fingerprint density at radius 3 is 2.86 bits per heavy atom. The fourth-order valence-electron chi connectivity index (χ4n) is 2.16. The van der Waals surface area contributed by atoms with Gasteiger partial charge in [-0.3, -0.25) is 4.57 Å². The molecule has 0 aliphatic carbocycles. The Hall–Kier alpha value is -1.01. The fourth-order valence-corrected chi connectivity index (χ4v) is 3.35. The van der Waals surface area contributed by atoms with Gasteiger partial charge in [0.2, 0.25) is 6.23 Å². The zero-order valence-electron chi connectivity index (χ0n) is 11.9. The molecule has 1 aromatic rings. The van der Waals surface area contributed by atoms with Crippen LogP contribution in [0.2, 0.25) is 0 Å². The van der Waals surface area contributed by atoms with Gasteiger partial charge in [-0.05, 0) is 21.5 Å². The first-order chi connectivity index (χ1) is 10.3. The number of aliphatic hydroxyl groups is 1. The van der Waals surface area contributed by atoms with E-state index >= 15 is 0 Å². The summed E-state index contributed by atoms with van der Waals surface area (Å²) in [7, 11) is -1.46. The molecule has 1 fully saturated rings. The highest BCUT2D eigenvalue weighted by atomic mass is 31.1. The average molecular weight is 354 g/mol. The Kier molecular flexibility index (Phi) is 5.22. The summed E-state index contributed by atoms with van der Waals surface area (Å²) in [5.41, 5.74) is -0.915. The maximum Gasteiger partial charge on any atom is 0.351 e. The molecule has 5 unspecified atom stereocenters. The first-order valence-electron chi connectivity index (χ1n) is 6.39. The summed E-state index contributed by atoms with van der Waals surface area (Å²) in [6, 6.07) is 1.37. The van der Waals surface area contributed by atoms with E-state index < -0.39 is 37.8 Å². The number of ether oxygens (including phenoxy) is 1. The summed E-state index contributed by atoms with van der Waals surface area (Å²) < 4.78 is 45.2. The lowest BCUT2D eigenvalue weighted by molar-refractivity contribution is -0.140. The maximum absolute atomic E-state index is 14.1. The van der Waals surface area contributed by atoms with E-state index in [4.69, 9.17) is 4.74 Å². The maximum atomic E-state index is 14.1. The Balaban J connectivity index is 2.32. The molecular formula is C11H16F2N3O4P2+. The number of aromatic nitrogens is 2. The molecule has 0 radical (unpaired) electrons. The molecule has 1 saturated heterocycles. The minimum atomic E-state index is -3.68. The molecule has 0 bridgehead atoms.